The molecule has 1 N–H and O–H groups in total. The van der Waals surface area contributed by atoms with Crippen LogP contribution < -0.4 is 5.32 Å². The van der Waals surface area contributed by atoms with Gasteiger partial charge in [0.05, 0.1) is 18.2 Å². The number of esters is 1. The van der Waals surface area contributed by atoms with Crippen LogP contribution in [0.15, 0.2) is 54.2 Å². The molecule has 2 heterocycles. The monoisotopic (exact) mass is 407 g/mol. The normalized spacial score (nSPS) is 15.4. The van der Waals surface area contributed by atoms with Crippen molar-refractivity contribution in [2.24, 2.45) is 0 Å². The Hall–Kier alpha value is -3.06. The lowest BCUT2D eigenvalue weighted by molar-refractivity contribution is -0.148. The van der Waals surface area contributed by atoms with Gasteiger partial charge in [-0.15, -0.1) is 11.3 Å². The van der Waals surface area contributed by atoms with E-state index >= 15 is 0 Å². The highest BCUT2D eigenvalue weighted by Crippen LogP contribution is 2.29. The zero-order valence-electron chi connectivity index (χ0n) is 15.8. The zero-order chi connectivity index (χ0) is 20.1. The number of aromatic nitrogens is 2. The fourth-order valence-corrected chi connectivity index (χ4v) is 4.31. The summed E-state index contributed by atoms with van der Waals surface area (Å²) < 4.78 is 5.15. The first-order valence-electron chi connectivity index (χ1n) is 9.56. The van der Waals surface area contributed by atoms with Gasteiger partial charge in [-0.25, -0.2) is 4.98 Å². The van der Waals surface area contributed by atoms with Crippen LogP contribution in [0.1, 0.15) is 35.7 Å². The van der Waals surface area contributed by atoms with E-state index in [1.165, 1.54) is 16.9 Å². The Morgan fingerprint density at radius 2 is 2.10 bits per heavy atom. The minimum Gasteiger partial charge on any atom is -0.455 e. The van der Waals surface area contributed by atoms with Crippen LogP contribution >= 0.6 is 11.3 Å². The molecule has 2 aromatic heterocycles. The molecule has 0 unspecified atom stereocenters. The van der Waals surface area contributed by atoms with Crippen molar-refractivity contribution >= 4 is 23.2 Å². The van der Waals surface area contributed by atoms with E-state index in [1.807, 2.05) is 35.7 Å². The largest absolute Gasteiger partial charge is 0.455 e. The number of aryl methyl sites for hydroxylation is 1. The van der Waals surface area contributed by atoms with Crippen LogP contribution in [-0.4, -0.2) is 28.5 Å². The number of pyridine rings is 1. The molecule has 0 spiro atoms. The third-order valence-electron chi connectivity index (χ3n) is 4.85. The third-order valence-corrected chi connectivity index (χ3v) is 5.79. The van der Waals surface area contributed by atoms with Gasteiger partial charge in [-0.3, -0.25) is 14.6 Å². The lowest BCUT2D eigenvalue weighted by Gasteiger charge is -2.26. The molecule has 0 saturated heterocycles. The van der Waals surface area contributed by atoms with E-state index in [1.54, 1.807) is 12.4 Å². The third kappa shape index (κ3) is 4.86. The van der Waals surface area contributed by atoms with E-state index in [2.05, 4.69) is 21.4 Å². The first kappa shape index (κ1) is 19.3. The van der Waals surface area contributed by atoms with Crippen molar-refractivity contribution in [3.05, 3.63) is 71.0 Å². The quantitative estimate of drug-likeness (QED) is 0.633. The minimum atomic E-state index is -0.466. The number of carbonyl (C=O) groups is 2. The summed E-state index contributed by atoms with van der Waals surface area (Å²) in [5.41, 5.74) is 3.96. The first-order valence-corrected chi connectivity index (χ1v) is 10.4. The topological polar surface area (TPSA) is 81.2 Å². The Morgan fingerprint density at radius 1 is 1.21 bits per heavy atom. The Morgan fingerprint density at radius 3 is 2.97 bits per heavy atom. The molecule has 1 aliphatic carbocycles. The van der Waals surface area contributed by atoms with Gasteiger partial charge in [0, 0.05) is 23.3 Å². The fourth-order valence-electron chi connectivity index (χ4n) is 3.49. The maximum absolute atomic E-state index is 12.3. The Bertz CT molecular complexity index is 1000. The molecule has 0 fully saturated rings. The predicted molar refractivity (Wildman–Crippen MR) is 110 cm³/mol. The standard InChI is InChI=1S/C22H21N3O3S/c26-20(25-19-9-3-6-15-5-1-2-8-18(15)19)13-28-21(27)11-17-14-29-22(24-17)16-7-4-10-23-12-16/h1-2,4-5,7-8,10,12,14,19H,3,6,9,11,13H2,(H,25,26)/t19-/m0/s1. The SMILES string of the molecule is O=C(COC(=O)Cc1csc(-c2cccnc2)n1)N[C@H]1CCCc2ccccc21. The first-order chi connectivity index (χ1) is 14.2. The highest BCUT2D eigenvalue weighted by Gasteiger charge is 2.22. The van der Waals surface area contributed by atoms with Gasteiger partial charge in [0.25, 0.3) is 5.91 Å². The van der Waals surface area contributed by atoms with Crippen LogP contribution in [0.5, 0.6) is 0 Å². The van der Waals surface area contributed by atoms with Gasteiger partial charge in [-0.2, -0.15) is 0 Å². The Balaban J connectivity index is 1.27. The summed E-state index contributed by atoms with van der Waals surface area (Å²) in [5.74, 6) is -0.749. The number of hydrogen-bond acceptors (Lipinski definition) is 6. The van der Waals surface area contributed by atoms with E-state index < -0.39 is 5.97 Å². The Kier molecular flexibility index (Phi) is 5.95. The maximum Gasteiger partial charge on any atom is 0.312 e. The van der Waals surface area contributed by atoms with Crippen molar-refractivity contribution in [3.63, 3.8) is 0 Å². The van der Waals surface area contributed by atoms with Crippen LogP contribution in [-0.2, 0) is 27.2 Å². The molecule has 1 atom stereocenters. The fraction of sp³-hybridized carbons (Fsp3) is 0.273. The summed E-state index contributed by atoms with van der Waals surface area (Å²) in [6, 6.07) is 11.9. The van der Waals surface area contributed by atoms with Crippen molar-refractivity contribution in [2.75, 3.05) is 6.61 Å². The van der Waals surface area contributed by atoms with E-state index in [0.717, 1.165) is 35.4 Å². The predicted octanol–water partition coefficient (Wildman–Crippen LogP) is 3.48. The van der Waals surface area contributed by atoms with Gasteiger partial charge in [-0.1, -0.05) is 24.3 Å². The van der Waals surface area contributed by atoms with E-state index in [-0.39, 0.29) is 25.0 Å². The average Bonchev–Trinajstić information content (AvgIpc) is 3.22. The van der Waals surface area contributed by atoms with Crippen molar-refractivity contribution < 1.29 is 14.3 Å². The van der Waals surface area contributed by atoms with E-state index in [4.69, 9.17) is 4.74 Å². The molecule has 1 amide bonds. The number of thiazole rings is 1. The molecule has 0 aliphatic heterocycles. The van der Waals surface area contributed by atoms with Gasteiger partial charge < -0.3 is 10.1 Å². The van der Waals surface area contributed by atoms with E-state index in [9.17, 15) is 9.59 Å². The number of nitrogens with one attached hydrogen (secondary N) is 1. The summed E-state index contributed by atoms with van der Waals surface area (Å²) in [4.78, 5) is 32.9. The smallest absolute Gasteiger partial charge is 0.312 e. The van der Waals surface area contributed by atoms with Crippen LogP contribution in [0, 0.1) is 0 Å². The molecule has 0 bridgehead atoms. The van der Waals surface area contributed by atoms with E-state index in [0.29, 0.717) is 5.69 Å². The Labute approximate surface area is 173 Å². The maximum atomic E-state index is 12.3. The summed E-state index contributed by atoms with van der Waals surface area (Å²) in [5, 5.41) is 5.61. The lowest BCUT2D eigenvalue weighted by atomic mass is 9.88. The number of benzene rings is 1. The molecule has 4 rings (SSSR count). The van der Waals surface area contributed by atoms with Gasteiger partial charge in [0.15, 0.2) is 6.61 Å². The zero-order valence-corrected chi connectivity index (χ0v) is 16.7. The number of ether oxygens (including phenoxy) is 1. The van der Waals surface area contributed by atoms with Crippen molar-refractivity contribution in [2.45, 2.75) is 31.7 Å². The van der Waals surface area contributed by atoms with Crippen LogP contribution in [0.2, 0.25) is 0 Å². The minimum absolute atomic E-state index is 0.0215. The molecule has 0 radical (unpaired) electrons. The highest BCUT2D eigenvalue weighted by molar-refractivity contribution is 7.13. The number of amides is 1. The summed E-state index contributed by atoms with van der Waals surface area (Å²) >= 11 is 1.45. The molecule has 6 nitrogen and oxygen atoms in total. The second-order valence-corrected chi connectivity index (χ2v) is 7.79. The van der Waals surface area contributed by atoms with Gasteiger partial charge >= 0.3 is 5.97 Å². The molecule has 29 heavy (non-hydrogen) atoms. The molecule has 7 heteroatoms. The number of carbonyl (C=O) groups excluding carboxylic acids is 2. The second-order valence-electron chi connectivity index (χ2n) is 6.93. The van der Waals surface area contributed by atoms with Gasteiger partial charge in [0.2, 0.25) is 0 Å². The van der Waals surface area contributed by atoms with Crippen LogP contribution in [0.25, 0.3) is 10.6 Å². The van der Waals surface area contributed by atoms with Crippen molar-refractivity contribution in [3.8, 4) is 10.6 Å². The lowest BCUT2D eigenvalue weighted by Crippen LogP contribution is -2.34. The molecule has 148 valence electrons. The van der Waals surface area contributed by atoms with Crippen molar-refractivity contribution in [1.82, 2.24) is 15.3 Å². The summed E-state index contributed by atoms with van der Waals surface area (Å²) in [6.07, 6.45) is 6.43. The molecule has 1 aromatic carbocycles. The number of rotatable bonds is 6. The number of hydrogen-bond donors (Lipinski definition) is 1. The van der Waals surface area contributed by atoms with Crippen LogP contribution in [0.3, 0.4) is 0 Å². The molecular formula is C22H21N3O3S. The molecule has 3 aromatic rings. The summed E-state index contributed by atoms with van der Waals surface area (Å²) in [6.45, 7) is -0.281. The molecule has 1 aliphatic rings. The van der Waals surface area contributed by atoms with Gasteiger partial charge in [0.1, 0.15) is 5.01 Å². The molecular weight excluding hydrogens is 386 g/mol. The van der Waals surface area contributed by atoms with Gasteiger partial charge in [-0.05, 0) is 42.5 Å². The van der Waals surface area contributed by atoms with Crippen molar-refractivity contribution in [1.29, 1.82) is 0 Å². The number of fused-ring (bicyclic) bond motifs is 1. The second kappa shape index (κ2) is 8.96. The average molecular weight is 407 g/mol. The molecule has 0 saturated carbocycles. The summed E-state index contributed by atoms with van der Waals surface area (Å²) in [7, 11) is 0. The van der Waals surface area contributed by atoms with Crippen LogP contribution in [0.4, 0.5) is 0 Å². The highest BCUT2D eigenvalue weighted by atomic mass is 32.1. The number of nitrogens with zero attached hydrogens (tertiary/aromatic N) is 2.